The lowest BCUT2D eigenvalue weighted by Crippen LogP contribution is -1.90. The molecule has 1 unspecified atom stereocenters. The van der Waals surface area contributed by atoms with Gasteiger partial charge in [-0.15, -0.1) is 11.3 Å². The molecule has 0 amide bonds. The Labute approximate surface area is 77.8 Å². The van der Waals surface area contributed by atoms with Gasteiger partial charge in [0.15, 0.2) is 0 Å². The van der Waals surface area contributed by atoms with Crippen LogP contribution in [0.2, 0.25) is 0 Å². The number of fused-ring (bicyclic) bond motifs is 1. The molecular formula is C10H15NS. The summed E-state index contributed by atoms with van der Waals surface area (Å²) in [5.41, 5.74) is 1.39. The maximum Gasteiger partial charge on any atom is 0.0956 e. The summed E-state index contributed by atoms with van der Waals surface area (Å²) in [7, 11) is 0. The van der Waals surface area contributed by atoms with Crippen molar-refractivity contribution in [2.45, 2.75) is 45.4 Å². The number of hydrogen-bond donors (Lipinski definition) is 0. The first-order valence-electron chi connectivity index (χ1n) is 4.68. The van der Waals surface area contributed by atoms with Crippen molar-refractivity contribution in [3.05, 3.63) is 15.6 Å². The molecule has 1 atom stereocenters. The van der Waals surface area contributed by atoms with Crippen LogP contribution in [0.15, 0.2) is 0 Å². The van der Waals surface area contributed by atoms with Crippen LogP contribution >= 0.6 is 11.3 Å². The molecule has 1 aliphatic carbocycles. The van der Waals surface area contributed by atoms with Crippen LogP contribution in [0.3, 0.4) is 0 Å². The SMILES string of the molecule is CC(C)c1nc2c(s1)CCC2C. The highest BCUT2D eigenvalue weighted by atomic mass is 32.1. The van der Waals surface area contributed by atoms with Crippen LogP contribution in [0, 0.1) is 0 Å². The Bertz CT molecular complexity index is 288. The van der Waals surface area contributed by atoms with Crippen molar-refractivity contribution >= 4 is 11.3 Å². The molecule has 1 aliphatic rings. The van der Waals surface area contributed by atoms with Gasteiger partial charge in [-0.3, -0.25) is 0 Å². The average molecular weight is 181 g/mol. The first kappa shape index (κ1) is 8.24. The van der Waals surface area contributed by atoms with E-state index in [1.807, 2.05) is 11.3 Å². The second kappa shape index (κ2) is 2.84. The van der Waals surface area contributed by atoms with Gasteiger partial charge in [0.1, 0.15) is 0 Å². The van der Waals surface area contributed by atoms with Crippen molar-refractivity contribution in [1.29, 1.82) is 0 Å². The lowest BCUT2D eigenvalue weighted by atomic mass is 10.1. The zero-order valence-corrected chi connectivity index (χ0v) is 8.74. The Balaban J connectivity index is 2.36. The molecule has 0 aliphatic heterocycles. The Morgan fingerprint density at radius 2 is 2.25 bits per heavy atom. The maximum absolute atomic E-state index is 4.69. The minimum atomic E-state index is 0.604. The zero-order valence-electron chi connectivity index (χ0n) is 7.92. The highest BCUT2D eigenvalue weighted by molar-refractivity contribution is 7.11. The molecule has 2 heteroatoms. The first-order valence-corrected chi connectivity index (χ1v) is 5.49. The minimum absolute atomic E-state index is 0.604. The number of aromatic nitrogens is 1. The van der Waals surface area contributed by atoms with Crippen molar-refractivity contribution in [2.75, 3.05) is 0 Å². The molecule has 0 saturated carbocycles. The van der Waals surface area contributed by atoms with Crippen molar-refractivity contribution in [2.24, 2.45) is 0 Å². The van der Waals surface area contributed by atoms with Gasteiger partial charge in [-0.05, 0) is 18.8 Å². The largest absolute Gasteiger partial charge is 0.245 e. The summed E-state index contributed by atoms with van der Waals surface area (Å²) in [6.07, 6.45) is 2.58. The normalized spacial score (nSPS) is 21.8. The highest BCUT2D eigenvalue weighted by Gasteiger charge is 2.23. The number of aryl methyl sites for hydroxylation is 1. The van der Waals surface area contributed by atoms with Crippen molar-refractivity contribution < 1.29 is 0 Å². The van der Waals surface area contributed by atoms with E-state index in [4.69, 9.17) is 0 Å². The van der Waals surface area contributed by atoms with Crippen LogP contribution in [0.4, 0.5) is 0 Å². The topological polar surface area (TPSA) is 12.9 Å². The quantitative estimate of drug-likeness (QED) is 0.647. The zero-order chi connectivity index (χ0) is 8.72. The van der Waals surface area contributed by atoms with Gasteiger partial charge in [0, 0.05) is 10.8 Å². The minimum Gasteiger partial charge on any atom is -0.245 e. The average Bonchev–Trinajstić information content (AvgIpc) is 2.53. The van der Waals surface area contributed by atoms with Crippen molar-refractivity contribution in [3.63, 3.8) is 0 Å². The van der Waals surface area contributed by atoms with Gasteiger partial charge in [0.05, 0.1) is 10.7 Å². The van der Waals surface area contributed by atoms with Crippen LogP contribution < -0.4 is 0 Å². The maximum atomic E-state index is 4.69. The smallest absolute Gasteiger partial charge is 0.0956 e. The Morgan fingerprint density at radius 1 is 1.50 bits per heavy atom. The summed E-state index contributed by atoms with van der Waals surface area (Å²) < 4.78 is 0. The number of thiazole rings is 1. The molecule has 66 valence electrons. The molecule has 0 N–H and O–H groups in total. The fourth-order valence-electron chi connectivity index (χ4n) is 1.68. The fraction of sp³-hybridized carbons (Fsp3) is 0.700. The second-order valence-corrected chi connectivity index (χ2v) is 5.07. The molecule has 0 aromatic carbocycles. The molecule has 1 heterocycles. The van der Waals surface area contributed by atoms with Crippen LogP contribution in [-0.4, -0.2) is 4.98 Å². The Kier molecular flexibility index (Phi) is 1.95. The molecule has 0 radical (unpaired) electrons. The van der Waals surface area contributed by atoms with Gasteiger partial charge in [-0.25, -0.2) is 4.98 Å². The van der Waals surface area contributed by atoms with Crippen LogP contribution in [0.25, 0.3) is 0 Å². The Morgan fingerprint density at radius 3 is 2.83 bits per heavy atom. The molecule has 2 rings (SSSR count). The van der Waals surface area contributed by atoms with E-state index in [0.717, 1.165) is 0 Å². The lowest BCUT2D eigenvalue weighted by molar-refractivity contribution is 0.720. The lowest BCUT2D eigenvalue weighted by Gasteiger charge is -2.00. The summed E-state index contributed by atoms with van der Waals surface area (Å²) in [6.45, 7) is 6.73. The third-order valence-electron chi connectivity index (χ3n) is 2.51. The van der Waals surface area contributed by atoms with E-state index < -0.39 is 0 Å². The molecular weight excluding hydrogens is 166 g/mol. The molecule has 1 nitrogen and oxygen atoms in total. The third-order valence-corrected chi connectivity index (χ3v) is 3.94. The number of rotatable bonds is 1. The number of nitrogens with zero attached hydrogens (tertiary/aromatic N) is 1. The molecule has 0 bridgehead atoms. The van der Waals surface area contributed by atoms with Crippen molar-refractivity contribution in [3.8, 4) is 0 Å². The van der Waals surface area contributed by atoms with Crippen LogP contribution in [0.1, 0.15) is 54.6 Å². The van der Waals surface area contributed by atoms with Gasteiger partial charge in [-0.1, -0.05) is 20.8 Å². The van der Waals surface area contributed by atoms with Gasteiger partial charge < -0.3 is 0 Å². The predicted octanol–water partition coefficient (Wildman–Crippen LogP) is 3.32. The molecule has 0 spiro atoms. The first-order chi connectivity index (χ1) is 5.68. The molecule has 1 aromatic rings. The summed E-state index contributed by atoms with van der Waals surface area (Å²) in [5.74, 6) is 1.32. The van der Waals surface area contributed by atoms with E-state index in [1.165, 1.54) is 23.5 Å². The van der Waals surface area contributed by atoms with E-state index >= 15 is 0 Å². The summed E-state index contributed by atoms with van der Waals surface area (Å²) in [5, 5.41) is 1.33. The van der Waals surface area contributed by atoms with E-state index in [0.29, 0.717) is 11.8 Å². The molecule has 12 heavy (non-hydrogen) atoms. The van der Waals surface area contributed by atoms with Crippen molar-refractivity contribution in [1.82, 2.24) is 4.98 Å². The number of hydrogen-bond acceptors (Lipinski definition) is 2. The monoisotopic (exact) mass is 181 g/mol. The molecule has 0 saturated heterocycles. The van der Waals surface area contributed by atoms with Gasteiger partial charge in [-0.2, -0.15) is 0 Å². The highest BCUT2D eigenvalue weighted by Crippen LogP contribution is 2.37. The summed E-state index contributed by atoms with van der Waals surface area (Å²) in [4.78, 5) is 6.24. The summed E-state index contributed by atoms with van der Waals surface area (Å²) in [6, 6.07) is 0. The second-order valence-electron chi connectivity index (χ2n) is 3.95. The van der Waals surface area contributed by atoms with Gasteiger partial charge >= 0.3 is 0 Å². The standard InChI is InChI=1S/C10H15NS/c1-6(2)10-11-9-7(3)4-5-8(9)12-10/h6-7H,4-5H2,1-3H3. The van der Waals surface area contributed by atoms with E-state index in [9.17, 15) is 0 Å². The van der Waals surface area contributed by atoms with Crippen LogP contribution in [0.5, 0.6) is 0 Å². The predicted molar refractivity (Wildman–Crippen MR) is 52.9 cm³/mol. The van der Waals surface area contributed by atoms with Crippen LogP contribution in [-0.2, 0) is 6.42 Å². The van der Waals surface area contributed by atoms with Gasteiger partial charge in [0.2, 0.25) is 0 Å². The van der Waals surface area contributed by atoms with E-state index in [1.54, 1.807) is 4.88 Å². The van der Waals surface area contributed by atoms with E-state index in [-0.39, 0.29) is 0 Å². The third kappa shape index (κ3) is 1.18. The fourth-order valence-corrected chi connectivity index (χ4v) is 2.88. The molecule has 1 aromatic heterocycles. The van der Waals surface area contributed by atoms with E-state index in [2.05, 4.69) is 25.8 Å². The molecule has 0 fully saturated rings. The Hall–Kier alpha value is -0.370. The van der Waals surface area contributed by atoms with Gasteiger partial charge in [0.25, 0.3) is 0 Å². The summed E-state index contributed by atoms with van der Waals surface area (Å²) >= 11 is 1.92.